The Balaban J connectivity index is 1.88. The van der Waals surface area contributed by atoms with Crippen LogP contribution >= 0.6 is 0 Å². The van der Waals surface area contributed by atoms with Crippen molar-refractivity contribution in [1.82, 2.24) is 9.55 Å². The molecular formula is C31H28N4O4S. The number of aromatic nitrogens is 2. The predicted octanol–water partition coefficient (Wildman–Crippen LogP) is 5.53. The van der Waals surface area contributed by atoms with Gasteiger partial charge in [-0.25, -0.2) is 8.42 Å². The first-order chi connectivity index (χ1) is 19.3. The van der Waals surface area contributed by atoms with Crippen molar-refractivity contribution in [3.05, 3.63) is 106 Å². The van der Waals surface area contributed by atoms with Gasteiger partial charge in [-0.05, 0) is 59.9 Å². The topological polar surface area (TPSA) is 137 Å². The molecule has 1 heterocycles. The smallest absolute Gasteiger partial charge is 0.296 e. The van der Waals surface area contributed by atoms with Crippen LogP contribution in [0.2, 0.25) is 0 Å². The first-order valence-electron chi connectivity index (χ1n) is 13.0. The molecule has 1 atom stereocenters. The van der Waals surface area contributed by atoms with E-state index >= 15 is 0 Å². The molecule has 0 aliphatic heterocycles. The minimum Gasteiger partial charge on any atom is -0.493 e. The highest BCUT2D eigenvalue weighted by molar-refractivity contribution is 7.91. The van der Waals surface area contributed by atoms with Gasteiger partial charge in [0.25, 0.3) is 5.56 Å². The molecule has 0 aliphatic rings. The van der Waals surface area contributed by atoms with Gasteiger partial charge >= 0.3 is 0 Å². The number of hydrogen-bond donors (Lipinski definition) is 1. The second-order valence-corrected chi connectivity index (χ2v) is 11.2. The zero-order valence-electron chi connectivity index (χ0n) is 22.2. The number of nitrogens with zero attached hydrogens (tertiary/aromatic N) is 4. The Labute approximate surface area is 233 Å². The minimum atomic E-state index is -4.47. The van der Waals surface area contributed by atoms with Crippen LogP contribution in [-0.2, 0) is 16.3 Å². The highest BCUT2D eigenvalue weighted by Gasteiger charge is 2.32. The van der Waals surface area contributed by atoms with Crippen molar-refractivity contribution in [3.63, 3.8) is 0 Å². The zero-order chi connectivity index (χ0) is 28.9. The van der Waals surface area contributed by atoms with E-state index in [4.69, 9.17) is 0 Å². The summed E-state index contributed by atoms with van der Waals surface area (Å²) < 4.78 is 28.9. The lowest BCUT2D eigenvalue weighted by atomic mass is 10.0. The molecule has 0 saturated carbocycles. The van der Waals surface area contributed by atoms with Crippen LogP contribution in [0, 0.1) is 22.7 Å². The molecule has 40 heavy (non-hydrogen) atoms. The summed E-state index contributed by atoms with van der Waals surface area (Å²) in [6.45, 7) is 3.85. The predicted molar refractivity (Wildman–Crippen MR) is 150 cm³/mol. The van der Waals surface area contributed by atoms with Crippen LogP contribution in [0.25, 0.3) is 11.1 Å². The van der Waals surface area contributed by atoms with E-state index in [-0.39, 0.29) is 10.7 Å². The average molecular weight is 553 g/mol. The van der Waals surface area contributed by atoms with E-state index in [0.29, 0.717) is 47.1 Å². The highest BCUT2D eigenvalue weighted by atomic mass is 32.2. The van der Waals surface area contributed by atoms with Gasteiger partial charge in [-0.1, -0.05) is 62.7 Å². The Morgan fingerprint density at radius 1 is 0.975 bits per heavy atom. The monoisotopic (exact) mass is 552 g/mol. The van der Waals surface area contributed by atoms with Crippen molar-refractivity contribution in [1.29, 1.82) is 10.5 Å². The van der Waals surface area contributed by atoms with Crippen molar-refractivity contribution < 1.29 is 13.5 Å². The third-order valence-electron chi connectivity index (χ3n) is 6.78. The maximum atomic E-state index is 13.8. The fraction of sp³-hybridized carbons (Fsp3) is 0.226. The number of aryl methyl sites for hydroxylation is 1. The van der Waals surface area contributed by atoms with Crippen molar-refractivity contribution in [2.24, 2.45) is 0 Å². The third-order valence-corrected chi connectivity index (χ3v) is 8.57. The van der Waals surface area contributed by atoms with E-state index in [2.05, 4.69) is 17.1 Å². The number of benzene rings is 3. The molecule has 4 rings (SSSR count). The van der Waals surface area contributed by atoms with Crippen LogP contribution in [0.15, 0.2) is 87.4 Å². The molecule has 0 bridgehead atoms. The van der Waals surface area contributed by atoms with Gasteiger partial charge in [0.15, 0.2) is 4.90 Å². The summed E-state index contributed by atoms with van der Waals surface area (Å²) in [7, 11) is -4.47. The summed E-state index contributed by atoms with van der Waals surface area (Å²) in [6, 6.07) is 23.3. The number of sulfone groups is 1. The summed E-state index contributed by atoms with van der Waals surface area (Å²) in [4.78, 5) is 16.3. The normalized spacial score (nSPS) is 11.9. The molecule has 0 amide bonds. The van der Waals surface area contributed by atoms with Gasteiger partial charge in [0.05, 0.1) is 34.2 Å². The number of aromatic hydroxyl groups is 1. The maximum Gasteiger partial charge on any atom is 0.296 e. The molecule has 1 aromatic heterocycles. The van der Waals surface area contributed by atoms with E-state index in [0.717, 1.165) is 6.42 Å². The Bertz CT molecular complexity index is 1800. The van der Waals surface area contributed by atoms with Gasteiger partial charge in [0, 0.05) is 6.42 Å². The van der Waals surface area contributed by atoms with Crippen LogP contribution in [0.1, 0.15) is 61.7 Å². The number of unbranched alkanes of at least 4 members (excludes halogenated alkanes) is 1. The molecule has 1 unspecified atom stereocenters. The maximum absolute atomic E-state index is 13.8. The average Bonchev–Trinajstić information content (AvgIpc) is 2.97. The molecule has 202 valence electrons. The largest absolute Gasteiger partial charge is 0.493 e. The molecule has 1 N–H and O–H groups in total. The first kappa shape index (κ1) is 28.3. The van der Waals surface area contributed by atoms with Crippen LogP contribution < -0.4 is 5.56 Å². The Kier molecular flexibility index (Phi) is 8.47. The van der Waals surface area contributed by atoms with Gasteiger partial charge in [0.1, 0.15) is 5.82 Å². The summed E-state index contributed by atoms with van der Waals surface area (Å²) in [5.74, 6) is -0.403. The molecule has 0 fully saturated rings. The molecular weight excluding hydrogens is 524 g/mol. The van der Waals surface area contributed by atoms with Crippen molar-refractivity contribution in [2.45, 2.75) is 55.4 Å². The molecule has 0 saturated heterocycles. The van der Waals surface area contributed by atoms with E-state index in [1.807, 2.05) is 13.8 Å². The molecule has 0 spiro atoms. The van der Waals surface area contributed by atoms with E-state index in [1.54, 1.807) is 60.7 Å². The SMILES string of the molecule is CCCCc1nc(=O)c(S(=O)(=O)c2ccc(-c3ccccc3C#N)cc2)c(O)n1C(CC)c1cccc(C#N)c1. The van der Waals surface area contributed by atoms with Crippen LogP contribution in [0.4, 0.5) is 0 Å². The lowest BCUT2D eigenvalue weighted by Gasteiger charge is -2.25. The second kappa shape index (κ2) is 12.0. The Morgan fingerprint density at radius 3 is 2.35 bits per heavy atom. The highest BCUT2D eigenvalue weighted by Crippen LogP contribution is 2.34. The number of nitriles is 2. The summed E-state index contributed by atoms with van der Waals surface area (Å²) in [6.07, 6.45) is 2.29. The van der Waals surface area contributed by atoms with Crippen LogP contribution in [-0.4, -0.2) is 23.1 Å². The van der Waals surface area contributed by atoms with Crippen molar-refractivity contribution in [2.75, 3.05) is 0 Å². The molecule has 3 aromatic carbocycles. The second-order valence-electron chi connectivity index (χ2n) is 9.31. The van der Waals surface area contributed by atoms with Crippen LogP contribution in [0.3, 0.4) is 0 Å². The quantitative estimate of drug-likeness (QED) is 0.288. The standard InChI is InChI=1S/C31H28N4O4S/c1-3-5-13-28-34-30(36)29(31(37)35(28)27(4-2)23-11-8-9-21(18-23)19-32)40(38,39)25-16-14-22(15-17-25)26-12-7-6-10-24(26)20-33/h6-12,14-18,27,37H,3-5,13H2,1-2H3. The van der Waals surface area contributed by atoms with Gasteiger partial charge < -0.3 is 5.11 Å². The summed E-state index contributed by atoms with van der Waals surface area (Å²) in [5.41, 5.74) is 1.80. The lowest BCUT2D eigenvalue weighted by molar-refractivity contribution is 0.358. The summed E-state index contributed by atoms with van der Waals surface area (Å²) in [5, 5.41) is 30.3. The number of hydrogen-bond acceptors (Lipinski definition) is 7. The number of rotatable bonds is 9. The Morgan fingerprint density at radius 2 is 1.70 bits per heavy atom. The zero-order valence-corrected chi connectivity index (χ0v) is 23.0. The van der Waals surface area contributed by atoms with Gasteiger partial charge in [-0.15, -0.1) is 0 Å². The Hall–Kier alpha value is -4.73. The molecule has 9 heteroatoms. The summed E-state index contributed by atoms with van der Waals surface area (Å²) >= 11 is 0. The first-order valence-corrected chi connectivity index (χ1v) is 14.4. The van der Waals surface area contributed by atoms with E-state index < -0.39 is 32.2 Å². The minimum absolute atomic E-state index is 0.188. The fourth-order valence-electron chi connectivity index (χ4n) is 4.77. The lowest BCUT2D eigenvalue weighted by Crippen LogP contribution is -2.27. The molecule has 0 aliphatic carbocycles. The molecule has 8 nitrogen and oxygen atoms in total. The van der Waals surface area contributed by atoms with Crippen LogP contribution in [0.5, 0.6) is 5.88 Å². The van der Waals surface area contributed by atoms with Gasteiger partial charge in [-0.2, -0.15) is 15.5 Å². The molecule has 0 radical (unpaired) electrons. The van der Waals surface area contributed by atoms with E-state index in [1.165, 1.54) is 16.7 Å². The van der Waals surface area contributed by atoms with Gasteiger partial charge in [0.2, 0.25) is 15.7 Å². The fourth-order valence-corrected chi connectivity index (χ4v) is 6.11. The van der Waals surface area contributed by atoms with Crippen molar-refractivity contribution in [3.8, 4) is 29.1 Å². The third kappa shape index (κ3) is 5.38. The molecule has 4 aromatic rings. The van der Waals surface area contributed by atoms with Crippen molar-refractivity contribution >= 4 is 9.84 Å². The van der Waals surface area contributed by atoms with Gasteiger partial charge in [-0.3, -0.25) is 9.36 Å². The van der Waals surface area contributed by atoms with E-state index in [9.17, 15) is 28.8 Å².